The SMILES string of the molecule is COc1cccc2[nH]c(C(=O)NC3(C(=O)N4C[C@]5(C[C@H]4C(=O)O)C(=O)Nc4ccccc45)C[C@@H]3C(C)C)cc12. The number of aromatic amines is 1. The molecule has 1 saturated heterocycles. The predicted molar refractivity (Wildman–Crippen MR) is 142 cm³/mol. The van der Waals surface area contributed by atoms with E-state index in [0.29, 0.717) is 23.4 Å². The minimum absolute atomic E-state index is 0.0326. The van der Waals surface area contributed by atoms with Gasteiger partial charge in [-0.15, -0.1) is 0 Å². The topological polar surface area (TPSA) is 141 Å². The smallest absolute Gasteiger partial charge is 0.326 e. The molecule has 4 N–H and O–H groups in total. The lowest BCUT2D eigenvalue weighted by Gasteiger charge is -2.29. The van der Waals surface area contributed by atoms with E-state index in [4.69, 9.17) is 4.74 Å². The number of carboxylic acid groups (broad SMARTS) is 1. The number of carbonyl (C=O) groups excluding carboxylic acids is 3. The van der Waals surface area contributed by atoms with Gasteiger partial charge in [-0.1, -0.05) is 38.1 Å². The minimum Gasteiger partial charge on any atom is -0.496 e. The maximum atomic E-state index is 14.2. The fraction of sp³-hybridized carbons (Fsp3) is 0.379. The summed E-state index contributed by atoms with van der Waals surface area (Å²) in [6.07, 6.45) is 0.354. The van der Waals surface area contributed by atoms with Crippen LogP contribution in [0.15, 0.2) is 48.5 Å². The van der Waals surface area contributed by atoms with Gasteiger partial charge in [-0.3, -0.25) is 14.4 Å². The van der Waals surface area contributed by atoms with Crippen LogP contribution in [0.5, 0.6) is 5.75 Å². The number of likely N-dealkylation sites (tertiary alicyclic amines) is 1. The van der Waals surface area contributed by atoms with Gasteiger partial charge in [0.25, 0.3) is 5.91 Å². The Kier molecular flexibility index (Phi) is 5.50. The highest BCUT2D eigenvalue weighted by atomic mass is 16.5. The molecule has 2 aromatic carbocycles. The number of amides is 3. The molecule has 202 valence electrons. The molecule has 1 aliphatic carbocycles. The van der Waals surface area contributed by atoms with Crippen LogP contribution in [0.4, 0.5) is 5.69 Å². The van der Waals surface area contributed by atoms with Gasteiger partial charge in [-0.25, -0.2) is 4.79 Å². The molecule has 1 unspecified atom stereocenters. The van der Waals surface area contributed by atoms with Crippen molar-refractivity contribution in [2.24, 2.45) is 11.8 Å². The van der Waals surface area contributed by atoms with Crippen LogP contribution in [0.3, 0.4) is 0 Å². The Hall–Kier alpha value is -4.34. The van der Waals surface area contributed by atoms with E-state index < -0.39 is 34.8 Å². The third-order valence-corrected chi connectivity index (χ3v) is 8.66. The summed E-state index contributed by atoms with van der Waals surface area (Å²) in [4.78, 5) is 57.7. The summed E-state index contributed by atoms with van der Waals surface area (Å²) in [6, 6.07) is 13.1. The number of rotatable bonds is 6. The monoisotopic (exact) mass is 530 g/mol. The fourth-order valence-electron chi connectivity index (χ4n) is 6.56. The van der Waals surface area contributed by atoms with Crippen molar-refractivity contribution in [2.75, 3.05) is 19.0 Å². The Balaban J connectivity index is 1.34. The zero-order chi connectivity index (χ0) is 27.7. The van der Waals surface area contributed by atoms with Gasteiger partial charge in [-0.2, -0.15) is 0 Å². The van der Waals surface area contributed by atoms with Gasteiger partial charge >= 0.3 is 5.97 Å². The number of ether oxygens (including phenoxy) is 1. The molecule has 10 nitrogen and oxygen atoms in total. The molecule has 10 heteroatoms. The van der Waals surface area contributed by atoms with Crippen LogP contribution in [0.25, 0.3) is 10.9 Å². The van der Waals surface area contributed by atoms with Crippen molar-refractivity contribution in [1.82, 2.24) is 15.2 Å². The van der Waals surface area contributed by atoms with E-state index in [9.17, 15) is 24.3 Å². The lowest BCUT2D eigenvalue weighted by molar-refractivity contribution is -0.149. The highest BCUT2D eigenvalue weighted by Gasteiger charge is 2.67. The number of nitrogens with zero attached hydrogens (tertiary/aromatic N) is 1. The zero-order valence-corrected chi connectivity index (χ0v) is 21.9. The molecule has 3 amide bonds. The number of aromatic nitrogens is 1. The third kappa shape index (κ3) is 3.61. The average molecular weight is 531 g/mol. The molecule has 4 atom stereocenters. The summed E-state index contributed by atoms with van der Waals surface area (Å²) in [5.74, 6) is -1.92. The lowest BCUT2D eigenvalue weighted by atomic mass is 9.79. The maximum Gasteiger partial charge on any atom is 0.326 e. The Morgan fingerprint density at radius 1 is 1.13 bits per heavy atom. The molecule has 0 bridgehead atoms. The van der Waals surface area contributed by atoms with Crippen LogP contribution in [0.1, 0.15) is 42.7 Å². The van der Waals surface area contributed by atoms with Crippen molar-refractivity contribution in [3.8, 4) is 5.75 Å². The van der Waals surface area contributed by atoms with Crippen molar-refractivity contribution in [3.05, 3.63) is 59.8 Å². The number of anilines is 1. The number of hydrogen-bond acceptors (Lipinski definition) is 5. The number of nitrogens with one attached hydrogen (secondary N) is 3. The molecule has 1 saturated carbocycles. The summed E-state index contributed by atoms with van der Waals surface area (Å²) in [5, 5.41) is 16.7. The fourth-order valence-corrected chi connectivity index (χ4v) is 6.56. The van der Waals surface area contributed by atoms with Crippen molar-refractivity contribution >= 4 is 40.3 Å². The van der Waals surface area contributed by atoms with Gasteiger partial charge in [-0.05, 0) is 54.5 Å². The van der Waals surface area contributed by atoms with Crippen molar-refractivity contribution in [2.45, 2.75) is 43.7 Å². The third-order valence-electron chi connectivity index (χ3n) is 8.66. The Labute approximate surface area is 224 Å². The highest BCUT2D eigenvalue weighted by molar-refractivity contribution is 6.09. The first-order valence-corrected chi connectivity index (χ1v) is 13.0. The highest BCUT2D eigenvalue weighted by Crippen LogP contribution is 2.53. The number of H-pyrrole nitrogens is 1. The molecule has 3 aromatic rings. The largest absolute Gasteiger partial charge is 0.496 e. The molecule has 1 spiro atoms. The molecule has 3 heterocycles. The number of benzene rings is 2. The quantitative estimate of drug-likeness (QED) is 0.386. The van der Waals surface area contributed by atoms with Gasteiger partial charge in [0.2, 0.25) is 11.8 Å². The number of carboxylic acids is 1. The Morgan fingerprint density at radius 2 is 1.90 bits per heavy atom. The normalized spacial score (nSPS) is 27.1. The van der Waals surface area contributed by atoms with E-state index in [1.165, 1.54) is 4.90 Å². The van der Waals surface area contributed by atoms with E-state index in [0.717, 1.165) is 10.9 Å². The van der Waals surface area contributed by atoms with Crippen LogP contribution in [-0.4, -0.2) is 63.9 Å². The molecule has 6 rings (SSSR count). The summed E-state index contributed by atoms with van der Waals surface area (Å²) < 4.78 is 5.40. The predicted octanol–water partition coefficient (Wildman–Crippen LogP) is 2.90. The summed E-state index contributed by atoms with van der Waals surface area (Å²) in [7, 11) is 1.55. The molecular weight excluding hydrogens is 500 g/mol. The standard InChI is InChI=1S/C29H30N4O6/c1-15(2)18-12-29(18,32-24(34)21-11-16-19(30-21)9-6-10-23(16)39-3)27(38)33-14-28(13-22(33)25(35)36)17-7-4-5-8-20(17)31-26(28)37/h4-11,15,18,22,30H,12-14H2,1-3H3,(H,31,37)(H,32,34)(H,35,36)/t18-,22+,28+,29?/m1/s1. The Morgan fingerprint density at radius 3 is 2.59 bits per heavy atom. The van der Waals surface area contributed by atoms with E-state index in [1.54, 1.807) is 43.5 Å². The number of carbonyl (C=O) groups is 4. The average Bonchev–Trinajstić information content (AvgIpc) is 3.20. The number of fused-ring (bicyclic) bond motifs is 3. The second kappa shape index (κ2) is 8.59. The van der Waals surface area contributed by atoms with Crippen molar-refractivity contribution in [1.29, 1.82) is 0 Å². The molecule has 2 fully saturated rings. The van der Waals surface area contributed by atoms with Gasteiger partial charge < -0.3 is 30.4 Å². The van der Waals surface area contributed by atoms with E-state index in [-0.39, 0.29) is 36.4 Å². The van der Waals surface area contributed by atoms with E-state index in [1.807, 2.05) is 26.0 Å². The number of para-hydroxylation sites is 1. The summed E-state index contributed by atoms with van der Waals surface area (Å²) in [5.41, 5.74) is -0.110. The first-order valence-electron chi connectivity index (χ1n) is 13.0. The van der Waals surface area contributed by atoms with Crippen LogP contribution >= 0.6 is 0 Å². The van der Waals surface area contributed by atoms with Crippen molar-refractivity contribution < 1.29 is 29.0 Å². The van der Waals surface area contributed by atoms with Gasteiger partial charge in [0.1, 0.15) is 23.0 Å². The van der Waals surface area contributed by atoms with Crippen LogP contribution in [0.2, 0.25) is 0 Å². The van der Waals surface area contributed by atoms with Crippen molar-refractivity contribution in [3.63, 3.8) is 0 Å². The number of methoxy groups -OCH3 is 1. The van der Waals surface area contributed by atoms with Crippen LogP contribution in [-0.2, 0) is 19.8 Å². The number of aliphatic carboxylic acids is 1. The molecular formula is C29H30N4O6. The van der Waals surface area contributed by atoms with E-state index >= 15 is 0 Å². The molecule has 1 aromatic heterocycles. The van der Waals surface area contributed by atoms with Crippen LogP contribution in [0, 0.1) is 11.8 Å². The van der Waals surface area contributed by atoms with Gasteiger partial charge in [0, 0.05) is 23.1 Å². The minimum atomic E-state index is -1.26. The zero-order valence-electron chi connectivity index (χ0n) is 21.9. The van der Waals surface area contributed by atoms with Gasteiger partial charge in [0.15, 0.2) is 0 Å². The summed E-state index contributed by atoms with van der Waals surface area (Å²) >= 11 is 0. The molecule has 0 radical (unpaired) electrons. The summed E-state index contributed by atoms with van der Waals surface area (Å²) in [6.45, 7) is 3.87. The lowest BCUT2D eigenvalue weighted by Crippen LogP contribution is -2.55. The molecule has 3 aliphatic rings. The van der Waals surface area contributed by atoms with Crippen LogP contribution < -0.4 is 15.4 Å². The Bertz CT molecular complexity index is 1550. The molecule has 2 aliphatic heterocycles. The van der Waals surface area contributed by atoms with Gasteiger partial charge in [0.05, 0.1) is 12.5 Å². The maximum absolute atomic E-state index is 14.2. The van der Waals surface area contributed by atoms with E-state index in [2.05, 4.69) is 15.6 Å². The first-order chi connectivity index (χ1) is 18.6. The second-order valence-corrected chi connectivity index (χ2v) is 11.2. The second-order valence-electron chi connectivity index (χ2n) is 11.2. The molecule has 39 heavy (non-hydrogen) atoms. The first kappa shape index (κ1) is 25.0. The number of hydrogen-bond donors (Lipinski definition) is 4.